The minimum absolute atomic E-state index is 0. The van der Waals surface area contributed by atoms with Crippen molar-refractivity contribution in [1.82, 2.24) is 5.32 Å². The Kier molecular flexibility index (Phi) is 3.55. The molecule has 0 aromatic carbocycles. The zero-order valence-electron chi connectivity index (χ0n) is 7.31. The number of nitrogens with one attached hydrogen (secondary N) is 1. The number of ether oxygens (including phenoxy) is 1. The van der Waals surface area contributed by atoms with Gasteiger partial charge in [0.2, 0.25) is 0 Å². The van der Waals surface area contributed by atoms with E-state index in [1.807, 2.05) is 20.8 Å². The SMILES string of the molecule is C.CC(C)(C)NC(=O)OC1CC1. The zero-order valence-corrected chi connectivity index (χ0v) is 7.31. The summed E-state index contributed by atoms with van der Waals surface area (Å²) in [6.07, 6.45) is 1.95. The van der Waals surface area contributed by atoms with Crippen LogP contribution >= 0.6 is 0 Å². The molecule has 1 amide bonds. The van der Waals surface area contributed by atoms with E-state index >= 15 is 0 Å². The van der Waals surface area contributed by atoms with E-state index in [4.69, 9.17) is 4.74 Å². The molecule has 1 rings (SSSR count). The Hall–Kier alpha value is -0.730. The standard InChI is InChI=1S/C8H15NO2.CH4/c1-8(2,3)9-7(10)11-6-4-5-6;/h6H,4-5H2,1-3H3,(H,9,10);1H4. The van der Waals surface area contributed by atoms with Gasteiger partial charge in [-0.3, -0.25) is 0 Å². The van der Waals surface area contributed by atoms with Gasteiger partial charge in [0.25, 0.3) is 0 Å². The molecule has 72 valence electrons. The summed E-state index contributed by atoms with van der Waals surface area (Å²) in [7, 11) is 0. The Morgan fingerprint density at radius 1 is 1.42 bits per heavy atom. The second-order valence-corrected chi connectivity index (χ2v) is 3.98. The van der Waals surface area contributed by atoms with Crippen LogP contribution < -0.4 is 5.32 Å². The van der Waals surface area contributed by atoms with E-state index in [1.54, 1.807) is 0 Å². The van der Waals surface area contributed by atoms with E-state index < -0.39 is 0 Å². The first-order chi connectivity index (χ1) is 4.97. The fourth-order valence-corrected chi connectivity index (χ4v) is 0.673. The third-order valence-electron chi connectivity index (χ3n) is 1.28. The first-order valence-corrected chi connectivity index (χ1v) is 3.96. The van der Waals surface area contributed by atoms with Crippen LogP contribution in [0.1, 0.15) is 41.0 Å². The normalized spacial score (nSPS) is 16.2. The lowest BCUT2D eigenvalue weighted by molar-refractivity contribution is 0.131. The van der Waals surface area contributed by atoms with Gasteiger partial charge in [-0.15, -0.1) is 0 Å². The van der Waals surface area contributed by atoms with Crippen molar-refractivity contribution in [1.29, 1.82) is 0 Å². The van der Waals surface area contributed by atoms with Gasteiger partial charge in [-0.25, -0.2) is 4.79 Å². The molecule has 0 unspecified atom stereocenters. The van der Waals surface area contributed by atoms with Crippen LogP contribution in [-0.4, -0.2) is 17.7 Å². The fraction of sp³-hybridized carbons (Fsp3) is 0.889. The monoisotopic (exact) mass is 173 g/mol. The van der Waals surface area contributed by atoms with Crippen LogP contribution in [0.2, 0.25) is 0 Å². The molecular weight excluding hydrogens is 154 g/mol. The second kappa shape index (κ2) is 3.78. The van der Waals surface area contributed by atoms with Gasteiger partial charge in [0.15, 0.2) is 0 Å². The van der Waals surface area contributed by atoms with Crippen LogP contribution in [-0.2, 0) is 4.74 Å². The van der Waals surface area contributed by atoms with Crippen molar-refractivity contribution in [2.75, 3.05) is 0 Å². The third-order valence-corrected chi connectivity index (χ3v) is 1.28. The average molecular weight is 173 g/mol. The summed E-state index contributed by atoms with van der Waals surface area (Å²) in [5, 5.41) is 2.73. The van der Waals surface area contributed by atoms with Crippen LogP contribution in [0.5, 0.6) is 0 Å². The fourth-order valence-electron chi connectivity index (χ4n) is 0.673. The number of rotatable bonds is 1. The number of carbonyl (C=O) groups is 1. The average Bonchev–Trinajstić information content (AvgIpc) is 2.42. The molecule has 0 aromatic rings. The van der Waals surface area contributed by atoms with Gasteiger partial charge in [-0.1, -0.05) is 7.43 Å². The van der Waals surface area contributed by atoms with Gasteiger partial charge in [-0.05, 0) is 33.6 Å². The summed E-state index contributed by atoms with van der Waals surface area (Å²) in [5.74, 6) is 0. The quantitative estimate of drug-likeness (QED) is 0.660. The van der Waals surface area contributed by atoms with Crippen molar-refractivity contribution in [3.8, 4) is 0 Å². The third kappa shape index (κ3) is 4.99. The lowest BCUT2D eigenvalue weighted by Gasteiger charge is -2.19. The highest BCUT2D eigenvalue weighted by Crippen LogP contribution is 2.23. The van der Waals surface area contributed by atoms with E-state index in [0.717, 1.165) is 12.8 Å². The van der Waals surface area contributed by atoms with Crippen molar-refractivity contribution in [3.05, 3.63) is 0 Å². The summed E-state index contributed by atoms with van der Waals surface area (Å²) in [5.41, 5.74) is -0.189. The van der Waals surface area contributed by atoms with Crippen LogP contribution in [0.4, 0.5) is 4.79 Å². The largest absolute Gasteiger partial charge is 0.446 e. The predicted octanol–water partition coefficient (Wildman–Crippen LogP) is 2.31. The Balaban J connectivity index is 0.00000121. The Labute approximate surface area is 74.5 Å². The number of amides is 1. The molecule has 1 fully saturated rings. The first-order valence-electron chi connectivity index (χ1n) is 3.96. The van der Waals surface area contributed by atoms with Crippen LogP contribution in [0.25, 0.3) is 0 Å². The highest BCUT2D eigenvalue weighted by atomic mass is 16.6. The van der Waals surface area contributed by atoms with Crippen LogP contribution in [0.15, 0.2) is 0 Å². The molecule has 0 saturated heterocycles. The number of hydrogen-bond acceptors (Lipinski definition) is 2. The Bertz CT molecular complexity index is 156. The minimum Gasteiger partial charge on any atom is -0.446 e. The summed E-state index contributed by atoms with van der Waals surface area (Å²) >= 11 is 0. The molecule has 3 nitrogen and oxygen atoms in total. The Morgan fingerprint density at radius 2 is 1.92 bits per heavy atom. The molecule has 0 aromatic heterocycles. The maximum absolute atomic E-state index is 11.0. The van der Waals surface area contributed by atoms with Crippen LogP contribution in [0, 0.1) is 0 Å². The van der Waals surface area contributed by atoms with Gasteiger partial charge in [0, 0.05) is 5.54 Å². The maximum Gasteiger partial charge on any atom is 0.407 e. The molecular formula is C9H19NO2. The van der Waals surface area contributed by atoms with Gasteiger partial charge in [-0.2, -0.15) is 0 Å². The molecule has 0 heterocycles. The second-order valence-electron chi connectivity index (χ2n) is 3.98. The van der Waals surface area contributed by atoms with Crippen molar-refractivity contribution < 1.29 is 9.53 Å². The molecule has 0 aliphatic heterocycles. The molecule has 0 spiro atoms. The maximum atomic E-state index is 11.0. The van der Waals surface area contributed by atoms with Gasteiger partial charge < -0.3 is 10.1 Å². The molecule has 1 saturated carbocycles. The molecule has 12 heavy (non-hydrogen) atoms. The van der Waals surface area contributed by atoms with E-state index in [2.05, 4.69) is 5.32 Å². The van der Waals surface area contributed by atoms with E-state index in [1.165, 1.54) is 0 Å². The van der Waals surface area contributed by atoms with Crippen LogP contribution in [0.3, 0.4) is 0 Å². The summed E-state index contributed by atoms with van der Waals surface area (Å²) in [4.78, 5) is 11.0. The van der Waals surface area contributed by atoms with Gasteiger partial charge in [0.05, 0.1) is 0 Å². The van der Waals surface area contributed by atoms with E-state index in [0.29, 0.717) is 0 Å². The van der Waals surface area contributed by atoms with Crippen molar-refractivity contribution in [2.24, 2.45) is 0 Å². The lowest BCUT2D eigenvalue weighted by Crippen LogP contribution is -2.41. The summed E-state index contributed by atoms with van der Waals surface area (Å²) in [6, 6.07) is 0. The van der Waals surface area contributed by atoms with Crippen molar-refractivity contribution in [2.45, 2.75) is 52.7 Å². The number of carbonyl (C=O) groups excluding carboxylic acids is 1. The summed E-state index contributed by atoms with van der Waals surface area (Å²) in [6.45, 7) is 5.80. The topological polar surface area (TPSA) is 38.3 Å². The molecule has 1 N–H and O–H groups in total. The van der Waals surface area contributed by atoms with E-state index in [-0.39, 0.29) is 25.2 Å². The van der Waals surface area contributed by atoms with E-state index in [9.17, 15) is 4.79 Å². The first kappa shape index (κ1) is 11.3. The highest BCUT2D eigenvalue weighted by molar-refractivity contribution is 5.68. The molecule has 0 radical (unpaired) electrons. The van der Waals surface area contributed by atoms with Gasteiger partial charge >= 0.3 is 6.09 Å². The highest BCUT2D eigenvalue weighted by Gasteiger charge is 2.27. The Morgan fingerprint density at radius 3 is 2.25 bits per heavy atom. The molecule has 3 heteroatoms. The predicted molar refractivity (Wildman–Crippen MR) is 49.1 cm³/mol. The van der Waals surface area contributed by atoms with Crippen molar-refractivity contribution >= 4 is 6.09 Å². The molecule has 1 aliphatic rings. The number of hydrogen-bond donors (Lipinski definition) is 1. The minimum atomic E-state index is -0.292. The number of alkyl carbamates (subject to hydrolysis) is 1. The van der Waals surface area contributed by atoms with Gasteiger partial charge in [0.1, 0.15) is 6.10 Å². The molecule has 0 atom stereocenters. The van der Waals surface area contributed by atoms with Crippen molar-refractivity contribution in [3.63, 3.8) is 0 Å². The zero-order chi connectivity index (χ0) is 8.48. The summed E-state index contributed by atoms with van der Waals surface area (Å²) < 4.78 is 4.99. The molecule has 1 aliphatic carbocycles. The smallest absolute Gasteiger partial charge is 0.407 e. The molecule has 0 bridgehead atoms. The lowest BCUT2D eigenvalue weighted by atomic mass is 10.1.